The molecule has 3 N–H and O–H groups in total. The Morgan fingerprint density at radius 2 is 1.67 bits per heavy atom. The zero-order chi connectivity index (χ0) is 27.2. The summed E-state index contributed by atoms with van der Waals surface area (Å²) in [5.41, 5.74) is 5.78. The third kappa shape index (κ3) is 6.70. The van der Waals surface area contributed by atoms with Gasteiger partial charge < -0.3 is 20.6 Å². The molecule has 6 nitrogen and oxygen atoms in total. The zero-order valence-electron chi connectivity index (χ0n) is 22.1. The minimum Gasteiger partial charge on any atom is -0.396 e. The van der Waals surface area contributed by atoms with Crippen LogP contribution in [0.5, 0.6) is 0 Å². The van der Waals surface area contributed by atoms with Crippen molar-refractivity contribution in [2.24, 2.45) is 0 Å². The first kappa shape index (κ1) is 27.4. The second-order valence-corrected chi connectivity index (χ2v) is 11.0. The third-order valence-corrected chi connectivity index (χ3v) is 8.30. The molecule has 0 aromatic heterocycles. The summed E-state index contributed by atoms with van der Waals surface area (Å²) in [4.78, 5) is 29.1. The number of benzene rings is 3. The van der Waals surface area contributed by atoms with Crippen LogP contribution in [-0.4, -0.2) is 53.6 Å². The van der Waals surface area contributed by atoms with E-state index in [-0.39, 0.29) is 24.5 Å². The van der Waals surface area contributed by atoms with E-state index in [4.69, 9.17) is 11.6 Å². The highest BCUT2D eigenvalue weighted by molar-refractivity contribution is 6.30. The predicted octanol–water partition coefficient (Wildman–Crippen LogP) is 4.02. The molecule has 3 aromatic carbocycles. The van der Waals surface area contributed by atoms with Gasteiger partial charge in [-0.15, -0.1) is 0 Å². The lowest BCUT2D eigenvalue weighted by molar-refractivity contribution is -0.137. The molecule has 2 heterocycles. The van der Waals surface area contributed by atoms with Gasteiger partial charge in [0.25, 0.3) is 0 Å². The maximum Gasteiger partial charge on any atom is 0.245 e. The van der Waals surface area contributed by atoms with Crippen molar-refractivity contribution in [3.63, 3.8) is 0 Å². The molecule has 0 unspecified atom stereocenters. The van der Waals surface area contributed by atoms with Crippen molar-refractivity contribution in [2.45, 2.75) is 56.7 Å². The standard InChI is InChI=1S/C32H36ClN3O3/c33-27-11-9-22(10-12-27)19-30(35-31(38)29-20-25-6-1-2-7-26(25)21-34-29)32(39)36-16-13-24(14-17-36)28-8-4-3-5-23(28)15-18-37/h1-12,24,29-30,34,37H,13-21H2,(H,35,38)/t29-,30+/m0/s1. The molecule has 0 saturated carbocycles. The van der Waals surface area contributed by atoms with Crippen LogP contribution in [0.25, 0.3) is 0 Å². The van der Waals surface area contributed by atoms with Crippen molar-refractivity contribution in [3.05, 3.63) is 106 Å². The number of carbonyl (C=O) groups is 2. The van der Waals surface area contributed by atoms with E-state index < -0.39 is 6.04 Å². The second kappa shape index (κ2) is 12.8. The Balaban J connectivity index is 1.27. The number of halogens is 1. The molecule has 2 aliphatic heterocycles. The molecule has 7 heteroatoms. The van der Waals surface area contributed by atoms with Crippen LogP contribution in [0.1, 0.15) is 46.6 Å². The van der Waals surface area contributed by atoms with E-state index >= 15 is 0 Å². The Labute approximate surface area is 235 Å². The lowest BCUT2D eigenvalue weighted by atomic mass is 9.85. The molecule has 2 aliphatic rings. The van der Waals surface area contributed by atoms with Gasteiger partial charge in [-0.2, -0.15) is 0 Å². The molecule has 5 rings (SSSR count). The smallest absolute Gasteiger partial charge is 0.245 e. The number of nitrogens with zero attached hydrogens (tertiary/aromatic N) is 1. The van der Waals surface area contributed by atoms with Gasteiger partial charge in [-0.05, 0) is 71.6 Å². The first-order valence-electron chi connectivity index (χ1n) is 13.8. The van der Waals surface area contributed by atoms with Crippen LogP contribution in [0, 0.1) is 0 Å². The topological polar surface area (TPSA) is 81.7 Å². The van der Waals surface area contributed by atoms with Crippen molar-refractivity contribution in [1.29, 1.82) is 0 Å². The zero-order valence-corrected chi connectivity index (χ0v) is 22.9. The third-order valence-electron chi connectivity index (χ3n) is 8.05. The number of nitrogens with one attached hydrogen (secondary N) is 2. The van der Waals surface area contributed by atoms with E-state index in [9.17, 15) is 14.7 Å². The monoisotopic (exact) mass is 545 g/mol. The van der Waals surface area contributed by atoms with E-state index in [1.54, 1.807) is 0 Å². The molecule has 3 aromatic rings. The summed E-state index contributed by atoms with van der Waals surface area (Å²) in [7, 11) is 0. The van der Waals surface area contributed by atoms with E-state index in [2.05, 4.69) is 34.9 Å². The van der Waals surface area contributed by atoms with Gasteiger partial charge in [0.15, 0.2) is 0 Å². The van der Waals surface area contributed by atoms with E-state index in [0.717, 1.165) is 18.4 Å². The van der Waals surface area contributed by atoms with E-state index in [1.807, 2.05) is 53.4 Å². The van der Waals surface area contributed by atoms with Gasteiger partial charge in [-0.1, -0.05) is 72.3 Å². The molecule has 0 bridgehead atoms. The predicted molar refractivity (Wildman–Crippen MR) is 154 cm³/mol. The number of likely N-dealkylation sites (tertiary alicyclic amines) is 1. The Morgan fingerprint density at radius 1 is 0.974 bits per heavy atom. The number of aliphatic hydroxyl groups is 1. The Morgan fingerprint density at radius 3 is 2.41 bits per heavy atom. The normalized spacial score (nSPS) is 18.3. The maximum absolute atomic E-state index is 13.8. The van der Waals surface area contributed by atoms with Crippen LogP contribution < -0.4 is 10.6 Å². The second-order valence-electron chi connectivity index (χ2n) is 10.6. The number of fused-ring (bicyclic) bond motifs is 1. The van der Waals surface area contributed by atoms with Crippen LogP contribution in [0.3, 0.4) is 0 Å². The number of hydrogen-bond acceptors (Lipinski definition) is 4. The van der Waals surface area contributed by atoms with Crippen molar-refractivity contribution in [1.82, 2.24) is 15.5 Å². The van der Waals surface area contributed by atoms with Crippen LogP contribution in [-0.2, 0) is 35.4 Å². The number of carbonyl (C=O) groups excluding carboxylic acids is 2. The number of piperidine rings is 1. The Hall–Kier alpha value is -3.19. The molecular formula is C32H36ClN3O3. The Kier molecular flexibility index (Phi) is 8.97. The summed E-state index contributed by atoms with van der Waals surface area (Å²) in [6, 6.07) is 22.8. The quantitative estimate of drug-likeness (QED) is 0.399. The van der Waals surface area contributed by atoms with Crippen LogP contribution >= 0.6 is 11.6 Å². The van der Waals surface area contributed by atoms with Crippen LogP contribution in [0.15, 0.2) is 72.8 Å². The summed E-state index contributed by atoms with van der Waals surface area (Å²) in [6.07, 6.45) is 3.37. The SMILES string of the molecule is O=C(N[C@H](Cc1ccc(Cl)cc1)C(=O)N1CCC(c2ccccc2CCO)CC1)[C@@H]1Cc2ccccc2CN1. The summed E-state index contributed by atoms with van der Waals surface area (Å²) in [5.74, 6) is 0.161. The van der Waals surface area contributed by atoms with Crippen molar-refractivity contribution >= 4 is 23.4 Å². The average molecular weight is 546 g/mol. The molecule has 204 valence electrons. The molecule has 0 spiro atoms. The van der Waals surface area contributed by atoms with Gasteiger partial charge in [0.2, 0.25) is 11.8 Å². The number of amides is 2. The fourth-order valence-electron chi connectivity index (χ4n) is 5.88. The number of hydrogen-bond donors (Lipinski definition) is 3. The summed E-state index contributed by atoms with van der Waals surface area (Å²) >= 11 is 6.09. The van der Waals surface area contributed by atoms with Gasteiger partial charge in [-0.25, -0.2) is 0 Å². The van der Waals surface area contributed by atoms with Gasteiger partial charge in [0, 0.05) is 37.7 Å². The van der Waals surface area contributed by atoms with Crippen molar-refractivity contribution in [2.75, 3.05) is 19.7 Å². The van der Waals surface area contributed by atoms with Gasteiger partial charge in [-0.3, -0.25) is 9.59 Å². The highest BCUT2D eigenvalue weighted by Crippen LogP contribution is 2.31. The number of rotatable bonds is 8. The minimum atomic E-state index is -0.657. The largest absolute Gasteiger partial charge is 0.396 e. The molecule has 0 radical (unpaired) electrons. The number of aliphatic hydroxyl groups excluding tert-OH is 1. The van der Waals surface area contributed by atoms with Crippen LogP contribution in [0.4, 0.5) is 0 Å². The van der Waals surface area contributed by atoms with Gasteiger partial charge >= 0.3 is 0 Å². The van der Waals surface area contributed by atoms with Gasteiger partial charge in [0.05, 0.1) is 6.04 Å². The van der Waals surface area contributed by atoms with E-state index in [0.29, 0.717) is 49.8 Å². The minimum absolute atomic E-state index is 0.0448. The molecule has 1 fully saturated rings. The molecule has 1 saturated heterocycles. The van der Waals surface area contributed by atoms with Crippen molar-refractivity contribution in [3.8, 4) is 0 Å². The molecule has 2 atom stereocenters. The molecule has 2 amide bonds. The summed E-state index contributed by atoms with van der Waals surface area (Å²) in [5, 5.41) is 16.5. The highest BCUT2D eigenvalue weighted by atomic mass is 35.5. The van der Waals surface area contributed by atoms with Crippen LogP contribution in [0.2, 0.25) is 5.02 Å². The Bertz CT molecular complexity index is 1290. The fourth-order valence-corrected chi connectivity index (χ4v) is 6.01. The summed E-state index contributed by atoms with van der Waals surface area (Å²) in [6.45, 7) is 2.04. The lowest BCUT2D eigenvalue weighted by Crippen LogP contribution is -2.56. The summed E-state index contributed by atoms with van der Waals surface area (Å²) < 4.78 is 0. The highest BCUT2D eigenvalue weighted by Gasteiger charge is 2.33. The lowest BCUT2D eigenvalue weighted by Gasteiger charge is -2.36. The fraction of sp³-hybridized carbons (Fsp3) is 0.375. The van der Waals surface area contributed by atoms with Gasteiger partial charge in [0.1, 0.15) is 6.04 Å². The first-order valence-corrected chi connectivity index (χ1v) is 14.2. The van der Waals surface area contributed by atoms with E-state index in [1.165, 1.54) is 22.3 Å². The first-order chi connectivity index (χ1) is 19.0. The maximum atomic E-state index is 13.8. The molecule has 0 aliphatic carbocycles. The average Bonchev–Trinajstić information content (AvgIpc) is 2.98. The molecule has 39 heavy (non-hydrogen) atoms. The van der Waals surface area contributed by atoms with Crippen molar-refractivity contribution < 1.29 is 14.7 Å². The molecular weight excluding hydrogens is 510 g/mol.